The molecule has 1 saturated carbocycles. The summed E-state index contributed by atoms with van der Waals surface area (Å²) < 4.78 is 5.47. The predicted molar refractivity (Wildman–Crippen MR) is 127 cm³/mol. The Morgan fingerprint density at radius 2 is 1.61 bits per heavy atom. The Balaban J connectivity index is 2.57. The molecule has 31 heavy (non-hydrogen) atoms. The van der Waals surface area contributed by atoms with Crippen molar-refractivity contribution in [2.45, 2.75) is 136 Å². The summed E-state index contributed by atoms with van der Waals surface area (Å²) >= 11 is 0. The second-order valence-electron chi connectivity index (χ2n) is 10.5. The van der Waals surface area contributed by atoms with Crippen molar-refractivity contribution in [2.24, 2.45) is 11.8 Å². The number of carbonyl (C=O) groups excluding carboxylic acids is 2. The molecule has 1 amide bonds. The lowest BCUT2D eigenvalue weighted by Gasteiger charge is -2.28. The highest BCUT2D eigenvalue weighted by atomic mass is 16.6. The van der Waals surface area contributed by atoms with Crippen molar-refractivity contribution >= 4 is 11.9 Å². The monoisotopic (exact) mass is 439 g/mol. The largest absolute Gasteiger partial charge is 0.460 e. The number of aliphatic hydroxyl groups is 1. The molecule has 0 radical (unpaired) electrons. The number of amides is 1. The van der Waals surface area contributed by atoms with E-state index in [4.69, 9.17) is 4.74 Å². The van der Waals surface area contributed by atoms with E-state index in [1.807, 2.05) is 20.8 Å². The molecule has 5 heteroatoms. The van der Waals surface area contributed by atoms with Crippen molar-refractivity contribution < 1.29 is 19.4 Å². The van der Waals surface area contributed by atoms with Gasteiger partial charge in [0.2, 0.25) is 5.91 Å². The van der Waals surface area contributed by atoms with E-state index in [-0.39, 0.29) is 36.9 Å². The lowest BCUT2D eigenvalue weighted by atomic mass is 9.84. The zero-order chi connectivity index (χ0) is 23.1. The van der Waals surface area contributed by atoms with Crippen LogP contribution in [0.4, 0.5) is 0 Å². The predicted octanol–water partition coefficient (Wildman–Crippen LogP) is 5.92. The average Bonchev–Trinajstić information content (AvgIpc) is 2.71. The number of ether oxygens (including phenoxy) is 1. The van der Waals surface area contributed by atoms with E-state index in [1.165, 1.54) is 64.2 Å². The molecule has 2 N–H and O–H groups in total. The van der Waals surface area contributed by atoms with Gasteiger partial charge in [-0.05, 0) is 39.5 Å². The van der Waals surface area contributed by atoms with Crippen LogP contribution in [0.1, 0.15) is 124 Å². The maximum atomic E-state index is 13.0. The van der Waals surface area contributed by atoms with E-state index >= 15 is 0 Å². The minimum Gasteiger partial charge on any atom is -0.460 e. The number of unbranched alkanes of at least 4 members (excludes halogenated alkanes) is 6. The third-order valence-corrected chi connectivity index (χ3v) is 6.27. The van der Waals surface area contributed by atoms with Crippen molar-refractivity contribution in [3.05, 3.63) is 0 Å². The van der Waals surface area contributed by atoms with E-state index in [2.05, 4.69) is 12.2 Å². The summed E-state index contributed by atoms with van der Waals surface area (Å²) in [6.45, 7) is 7.72. The van der Waals surface area contributed by atoms with E-state index < -0.39 is 5.60 Å². The van der Waals surface area contributed by atoms with Crippen LogP contribution in [0, 0.1) is 11.8 Å². The number of carbonyl (C=O) groups is 2. The number of esters is 1. The van der Waals surface area contributed by atoms with Gasteiger partial charge in [-0.25, -0.2) is 0 Å². The Hall–Kier alpha value is -1.10. The van der Waals surface area contributed by atoms with Gasteiger partial charge >= 0.3 is 5.97 Å². The molecule has 0 spiro atoms. The first-order valence-corrected chi connectivity index (χ1v) is 12.9. The second-order valence-corrected chi connectivity index (χ2v) is 10.5. The summed E-state index contributed by atoms with van der Waals surface area (Å²) in [5.41, 5.74) is -0.550. The first-order valence-electron chi connectivity index (χ1n) is 12.9. The lowest BCUT2D eigenvalue weighted by molar-refractivity contribution is -0.157. The van der Waals surface area contributed by atoms with Crippen LogP contribution in [0.25, 0.3) is 0 Å². The van der Waals surface area contributed by atoms with Gasteiger partial charge in [-0.15, -0.1) is 0 Å². The fraction of sp³-hybridized carbons (Fsp3) is 0.923. The number of rotatable bonds is 15. The highest BCUT2D eigenvalue weighted by Gasteiger charge is 2.27. The number of hydrogen-bond acceptors (Lipinski definition) is 4. The Kier molecular flexibility index (Phi) is 14.1. The first-order chi connectivity index (χ1) is 14.7. The molecule has 0 heterocycles. The smallest absolute Gasteiger partial charge is 0.307 e. The molecule has 2 atom stereocenters. The van der Waals surface area contributed by atoms with Crippen LogP contribution in [-0.2, 0) is 14.3 Å². The highest BCUT2D eigenvalue weighted by molar-refractivity contribution is 5.84. The van der Waals surface area contributed by atoms with Crippen LogP contribution in [0.2, 0.25) is 0 Å². The molecule has 0 aromatic heterocycles. The molecule has 1 rings (SSSR count). The summed E-state index contributed by atoms with van der Waals surface area (Å²) in [4.78, 5) is 25.4. The van der Waals surface area contributed by atoms with Gasteiger partial charge in [-0.2, -0.15) is 0 Å². The molecule has 0 aromatic carbocycles. The van der Waals surface area contributed by atoms with Gasteiger partial charge in [0.15, 0.2) is 0 Å². The van der Waals surface area contributed by atoms with E-state index in [0.29, 0.717) is 12.3 Å². The average molecular weight is 440 g/mol. The second kappa shape index (κ2) is 15.7. The van der Waals surface area contributed by atoms with Gasteiger partial charge in [0.05, 0.1) is 19.1 Å². The van der Waals surface area contributed by atoms with Crippen molar-refractivity contribution in [1.82, 2.24) is 5.32 Å². The van der Waals surface area contributed by atoms with Gasteiger partial charge in [0, 0.05) is 5.92 Å². The topological polar surface area (TPSA) is 75.6 Å². The molecule has 182 valence electrons. The summed E-state index contributed by atoms with van der Waals surface area (Å²) in [6.07, 6.45) is 16.1. The Bertz CT molecular complexity index is 494. The van der Waals surface area contributed by atoms with Crippen molar-refractivity contribution in [3.63, 3.8) is 0 Å². The van der Waals surface area contributed by atoms with E-state index in [9.17, 15) is 14.7 Å². The molecule has 1 fully saturated rings. The molecule has 0 bridgehead atoms. The third-order valence-electron chi connectivity index (χ3n) is 6.27. The van der Waals surface area contributed by atoms with Crippen LogP contribution in [0.5, 0.6) is 0 Å². The molecule has 0 unspecified atom stereocenters. The van der Waals surface area contributed by atoms with Gasteiger partial charge < -0.3 is 15.2 Å². The zero-order valence-corrected chi connectivity index (χ0v) is 20.7. The van der Waals surface area contributed by atoms with Crippen LogP contribution in [-0.4, -0.2) is 35.2 Å². The maximum Gasteiger partial charge on any atom is 0.307 e. The molecule has 1 aliphatic rings. The highest BCUT2D eigenvalue weighted by Crippen LogP contribution is 2.27. The van der Waals surface area contributed by atoms with E-state index in [1.54, 1.807) is 0 Å². The van der Waals surface area contributed by atoms with Gasteiger partial charge in [0.1, 0.15) is 5.60 Å². The number of nitrogens with one attached hydrogen (secondary N) is 1. The quantitative estimate of drug-likeness (QED) is 0.245. The molecular weight excluding hydrogens is 390 g/mol. The standard InChI is InChI=1S/C26H49NO4/c1-5-6-7-8-9-10-14-17-22(19-24(29)31-26(2,3)4)25(30)27-23(20-28)18-21-15-12-11-13-16-21/h21-23,28H,5-20H2,1-4H3,(H,27,30)/t22-,23+/m1/s1. The van der Waals surface area contributed by atoms with Crippen LogP contribution < -0.4 is 5.32 Å². The molecule has 5 nitrogen and oxygen atoms in total. The van der Waals surface area contributed by atoms with Crippen LogP contribution in [0.3, 0.4) is 0 Å². The fourth-order valence-corrected chi connectivity index (χ4v) is 4.58. The number of aliphatic hydroxyl groups excluding tert-OH is 1. The van der Waals surface area contributed by atoms with Crippen molar-refractivity contribution in [1.29, 1.82) is 0 Å². The fourth-order valence-electron chi connectivity index (χ4n) is 4.58. The summed E-state index contributed by atoms with van der Waals surface area (Å²) in [5, 5.41) is 12.9. The van der Waals surface area contributed by atoms with Crippen LogP contribution in [0.15, 0.2) is 0 Å². The summed E-state index contributed by atoms with van der Waals surface area (Å²) in [5.74, 6) is -0.223. The summed E-state index contributed by atoms with van der Waals surface area (Å²) in [6, 6.07) is -0.217. The Labute approximate surface area is 191 Å². The first kappa shape index (κ1) is 27.9. The minimum absolute atomic E-state index is 0.0428. The molecule has 1 aliphatic carbocycles. The van der Waals surface area contributed by atoms with Crippen molar-refractivity contribution in [3.8, 4) is 0 Å². The zero-order valence-electron chi connectivity index (χ0n) is 20.7. The van der Waals surface area contributed by atoms with Gasteiger partial charge in [-0.3, -0.25) is 9.59 Å². The molecule has 0 saturated heterocycles. The molecule has 0 aliphatic heterocycles. The minimum atomic E-state index is -0.550. The lowest BCUT2D eigenvalue weighted by Crippen LogP contribution is -2.43. The SMILES string of the molecule is CCCCCCCCC[C@H](CC(=O)OC(C)(C)C)C(=O)N[C@H](CO)CC1CCCCC1. The Morgan fingerprint density at radius 3 is 2.19 bits per heavy atom. The van der Waals surface area contributed by atoms with Gasteiger partial charge in [-0.1, -0.05) is 84.0 Å². The van der Waals surface area contributed by atoms with Gasteiger partial charge in [0.25, 0.3) is 0 Å². The third kappa shape index (κ3) is 13.8. The van der Waals surface area contributed by atoms with Crippen molar-refractivity contribution in [2.75, 3.05) is 6.61 Å². The summed E-state index contributed by atoms with van der Waals surface area (Å²) in [7, 11) is 0. The van der Waals surface area contributed by atoms with Crippen LogP contribution >= 0.6 is 0 Å². The normalized spacial score (nSPS) is 17.2. The molecule has 0 aromatic rings. The maximum absolute atomic E-state index is 13.0. The Morgan fingerprint density at radius 1 is 1.00 bits per heavy atom. The van der Waals surface area contributed by atoms with E-state index in [0.717, 1.165) is 19.3 Å². The number of hydrogen-bond donors (Lipinski definition) is 2. The molecular formula is C26H49NO4.